The number of aromatic nitrogens is 4. The summed E-state index contributed by atoms with van der Waals surface area (Å²) in [5.41, 5.74) is 1.30. The second kappa shape index (κ2) is 4.45. The van der Waals surface area contributed by atoms with E-state index in [1.807, 2.05) is 23.6 Å². The van der Waals surface area contributed by atoms with E-state index in [0.717, 1.165) is 12.8 Å². The van der Waals surface area contributed by atoms with E-state index < -0.39 is 0 Å². The number of rotatable bonds is 2. The van der Waals surface area contributed by atoms with Gasteiger partial charge in [0, 0.05) is 20.5 Å². The van der Waals surface area contributed by atoms with Gasteiger partial charge in [0.25, 0.3) is 0 Å². The van der Waals surface area contributed by atoms with Crippen LogP contribution in [0.4, 0.5) is 5.82 Å². The molecule has 0 bridgehead atoms. The van der Waals surface area contributed by atoms with E-state index in [1.165, 1.54) is 0 Å². The molecule has 0 aliphatic heterocycles. The number of ketones is 1. The molecule has 0 aromatic carbocycles. The summed E-state index contributed by atoms with van der Waals surface area (Å²) in [6, 6.07) is -0.161. The Morgan fingerprint density at radius 3 is 2.84 bits per heavy atom. The number of nitrogens with zero attached hydrogens (tertiary/aromatic N) is 5. The second-order valence-electron chi connectivity index (χ2n) is 4.91. The SMILES string of the molecule is CN(C)c1nc(Cl)nc2c1ncn2C1CCCC1=O. The molecule has 1 aliphatic rings. The van der Waals surface area contributed by atoms with Crippen molar-refractivity contribution in [2.45, 2.75) is 25.3 Å². The Bertz CT molecular complexity index is 651. The van der Waals surface area contributed by atoms with E-state index in [4.69, 9.17) is 11.6 Å². The van der Waals surface area contributed by atoms with Crippen LogP contribution in [0, 0.1) is 0 Å². The lowest BCUT2D eigenvalue weighted by molar-refractivity contribution is -0.120. The van der Waals surface area contributed by atoms with Gasteiger partial charge in [0.15, 0.2) is 22.8 Å². The van der Waals surface area contributed by atoms with Crippen molar-refractivity contribution in [2.24, 2.45) is 0 Å². The summed E-state index contributed by atoms with van der Waals surface area (Å²) in [6.45, 7) is 0. The average molecular weight is 280 g/mol. The van der Waals surface area contributed by atoms with Crippen molar-refractivity contribution >= 4 is 34.4 Å². The molecule has 2 heterocycles. The van der Waals surface area contributed by atoms with Gasteiger partial charge < -0.3 is 9.47 Å². The van der Waals surface area contributed by atoms with E-state index >= 15 is 0 Å². The molecule has 7 heteroatoms. The first-order valence-corrected chi connectivity index (χ1v) is 6.56. The minimum absolute atomic E-state index is 0.161. The van der Waals surface area contributed by atoms with Crippen LogP contribution in [0.25, 0.3) is 11.2 Å². The highest BCUT2D eigenvalue weighted by Crippen LogP contribution is 2.31. The molecule has 1 fully saturated rings. The standard InChI is InChI=1S/C12H14ClN5O/c1-17(2)10-9-11(16-12(13)15-10)18(6-14-9)7-4-3-5-8(7)19/h6-7H,3-5H2,1-2H3. The smallest absolute Gasteiger partial charge is 0.226 e. The molecular formula is C12H14ClN5O. The van der Waals surface area contributed by atoms with Crippen LogP contribution in [0.15, 0.2) is 6.33 Å². The zero-order valence-corrected chi connectivity index (χ0v) is 11.6. The highest BCUT2D eigenvalue weighted by atomic mass is 35.5. The maximum atomic E-state index is 11.9. The average Bonchev–Trinajstić information content (AvgIpc) is 2.93. The van der Waals surface area contributed by atoms with Gasteiger partial charge in [0.2, 0.25) is 5.28 Å². The molecule has 6 nitrogen and oxygen atoms in total. The summed E-state index contributed by atoms with van der Waals surface area (Å²) in [7, 11) is 3.75. The molecule has 3 rings (SSSR count). The van der Waals surface area contributed by atoms with Crippen LogP contribution in [0.1, 0.15) is 25.3 Å². The van der Waals surface area contributed by atoms with Crippen LogP contribution in [-0.2, 0) is 4.79 Å². The molecule has 1 unspecified atom stereocenters. The first kappa shape index (κ1) is 12.3. The van der Waals surface area contributed by atoms with Crippen LogP contribution >= 0.6 is 11.6 Å². The molecule has 2 aromatic rings. The third-order valence-electron chi connectivity index (χ3n) is 3.41. The van der Waals surface area contributed by atoms with Gasteiger partial charge in [-0.15, -0.1) is 0 Å². The van der Waals surface area contributed by atoms with Gasteiger partial charge in [-0.05, 0) is 24.4 Å². The lowest BCUT2D eigenvalue weighted by Crippen LogP contribution is -2.14. The zero-order chi connectivity index (χ0) is 13.6. The molecule has 0 amide bonds. The second-order valence-corrected chi connectivity index (χ2v) is 5.25. The Morgan fingerprint density at radius 1 is 1.42 bits per heavy atom. The highest BCUT2D eigenvalue weighted by molar-refractivity contribution is 6.28. The lowest BCUT2D eigenvalue weighted by Gasteiger charge is -2.13. The number of anilines is 1. The molecule has 100 valence electrons. The normalized spacial score (nSPS) is 19.3. The number of carbonyl (C=O) groups excluding carboxylic acids is 1. The molecule has 19 heavy (non-hydrogen) atoms. The van der Waals surface area contributed by atoms with Crippen LogP contribution in [0.2, 0.25) is 5.28 Å². The molecular weight excluding hydrogens is 266 g/mol. The Balaban J connectivity index is 2.20. The fraction of sp³-hybridized carbons (Fsp3) is 0.500. The predicted octanol–water partition coefficient (Wildman–Crippen LogP) is 1.84. The number of hydrogen-bond donors (Lipinski definition) is 0. The van der Waals surface area contributed by atoms with Gasteiger partial charge in [-0.25, -0.2) is 4.98 Å². The van der Waals surface area contributed by atoms with Crippen molar-refractivity contribution < 1.29 is 4.79 Å². The number of carbonyl (C=O) groups is 1. The fourth-order valence-corrected chi connectivity index (χ4v) is 2.67. The van der Waals surface area contributed by atoms with Gasteiger partial charge in [-0.2, -0.15) is 9.97 Å². The van der Waals surface area contributed by atoms with E-state index in [1.54, 1.807) is 6.33 Å². The van der Waals surface area contributed by atoms with Crippen LogP contribution in [0.3, 0.4) is 0 Å². The van der Waals surface area contributed by atoms with Gasteiger partial charge in [0.1, 0.15) is 0 Å². The third-order valence-corrected chi connectivity index (χ3v) is 3.58. The van der Waals surface area contributed by atoms with Gasteiger partial charge in [-0.3, -0.25) is 4.79 Å². The van der Waals surface area contributed by atoms with Crippen LogP contribution < -0.4 is 4.90 Å². The maximum Gasteiger partial charge on any atom is 0.226 e. The minimum atomic E-state index is -0.161. The first-order valence-electron chi connectivity index (χ1n) is 6.18. The van der Waals surface area contributed by atoms with E-state index in [2.05, 4.69) is 15.0 Å². The van der Waals surface area contributed by atoms with Gasteiger partial charge >= 0.3 is 0 Å². The summed E-state index contributed by atoms with van der Waals surface area (Å²) < 4.78 is 1.82. The molecule has 0 N–H and O–H groups in total. The summed E-state index contributed by atoms with van der Waals surface area (Å²) in [5.74, 6) is 0.902. The fourth-order valence-electron chi connectivity index (χ4n) is 2.51. The number of imidazole rings is 1. The number of hydrogen-bond acceptors (Lipinski definition) is 5. The number of fused-ring (bicyclic) bond motifs is 1. The van der Waals surface area contributed by atoms with Gasteiger partial charge in [-0.1, -0.05) is 0 Å². The van der Waals surface area contributed by atoms with E-state index in [9.17, 15) is 4.79 Å². The van der Waals surface area contributed by atoms with Crippen molar-refractivity contribution in [1.29, 1.82) is 0 Å². The quantitative estimate of drug-likeness (QED) is 0.785. The van der Waals surface area contributed by atoms with Gasteiger partial charge in [0.05, 0.1) is 12.4 Å². The zero-order valence-electron chi connectivity index (χ0n) is 10.8. The summed E-state index contributed by atoms with van der Waals surface area (Å²) in [4.78, 5) is 26.5. The number of halogens is 1. The van der Waals surface area contributed by atoms with Crippen molar-refractivity contribution in [3.05, 3.63) is 11.6 Å². The molecule has 1 saturated carbocycles. The highest BCUT2D eigenvalue weighted by Gasteiger charge is 2.28. The topological polar surface area (TPSA) is 63.9 Å². The molecule has 0 radical (unpaired) electrons. The Labute approximate surface area is 115 Å². The number of Topliss-reactive ketones (excluding diaryl/α,β-unsaturated/α-hetero) is 1. The summed E-state index contributed by atoms with van der Waals surface area (Å²) in [6.07, 6.45) is 4.05. The van der Waals surface area contributed by atoms with Crippen LogP contribution in [-0.4, -0.2) is 39.4 Å². The Kier molecular flexibility index (Phi) is 2.89. The van der Waals surface area contributed by atoms with Crippen LogP contribution in [0.5, 0.6) is 0 Å². The van der Waals surface area contributed by atoms with Crippen molar-refractivity contribution in [3.63, 3.8) is 0 Å². The molecule has 2 aromatic heterocycles. The van der Waals surface area contributed by atoms with E-state index in [-0.39, 0.29) is 17.1 Å². The summed E-state index contributed by atoms with van der Waals surface area (Å²) >= 11 is 5.96. The van der Waals surface area contributed by atoms with Crippen molar-refractivity contribution in [2.75, 3.05) is 19.0 Å². The first-order chi connectivity index (χ1) is 9.08. The molecule has 1 atom stereocenters. The van der Waals surface area contributed by atoms with E-state index in [0.29, 0.717) is 23.4 Å². The molecule has 0 saturated heterocycles. The van der Waals surface area contributed by atoms with Crippen molar-refractivity contribution in [1.82, 2.24) is 19.5 Å². The summed E-state index contributed by atoms with van der Waals surface area (Å²) in [5, 5.41) is 0.170. The largest absolute Gasteiger partial charge is 0.361 e. The maximum absolute atomic E-state index is 11.9. The predicted molar refractivity (Wildman–Crippen MR) is 72.6 cm³/mol. The Hall–Kier alpha value is -1.69. The minimum Gasteiger partial charge on any atom is -0.361 e. The monoisotopic (exact) mass is 279 g/mol. The molecule has 1 aliphatic carbocycles. The third kappa shape index (κ3) is 1.96. The Morgan fingerprint density at radius 2 is 2.21 bits per heavy atom. The molecule has 0 spiro atoms. The lowest BCUT2D eigenvalue weighted by atomic mass is 10.2. The van der Waals surface area contributed by atoms with Crippen molar-refractivity contribution in [3.8, 4) is 0 Å².